The summed E-state index contributed by atoms with van der Waals surface area (Å²) in [7, 11) is 0. The fourth-order valence-electron chi connectivity index (χ4n) is 2.36. The average molecular weight is 297 g/mol. The van der Waals surface area contributed by atoms with Crippen LogP contribution in [0.4, 0.5) is 0 Å². The normalized spacial score (nSPS) is 18.9. The predicted octanol–water partition coefficient (Wildman–Crippen LogP) is 1.65. The molecular weight excluding hydrogens is 280 g/mol. The van der Waals surface area contributed by atoms with E-state index in [1.165, 1.54) is 6.26 Å². The van der Waals surface area contributed by atoms with Crippen LogP contribution in [-0.2, 0) is 4.74 Å². The number of furan rings is 1. The molecule has 2 N–H and O–H groups in total. The Balaban J connectivity index is 0.00000147. The minimum absolute atomic E-state index is 0. The van der Waals surface area contributed by atoms with Crippen LogP contribution >= 0.6 is 12.4 Å². The van der Waals surface area contributed by atoms with Crippen molar-refractivity contribution in [3.8, 4) is 0 Å². The third-order valence-electron chi connectivity index (χ3n) is 3.40. The van der Waals surface area contributed by atoms with Crippen molar-refractivity contribution >= 4 is 29.3 Å². The molecule has 1 amide bonds. The number of halogens is 1. The molecule has 0 saturated carbocycles. The summed E-state index contributed by atoms with van der Waals surface area (Å²) in [4.78, 5) is 14.3. The van der Waals surface area contributed by atoms with Gasteiger partial charge in [0.2, 0.25) is 0 Å². The Hall–Kier alpha value is -1.56. The summed E-state index contributed by atoms with van der Waals surface area (Å²) in [5, 5.41) is 0.850. The number of nitrogens with two attached hydrogens (primary N) is 1. The maximum atomic E-state index is 12.5. The Morgan fingerprint density at radius 1 is 1.40 bits per heavy atom. The van der Waals surface area contributed by atoms with Crippen molar-refractivity contribution in [1.29, 1.82) is 0 Å². The first kappa shape index (κ1) is 14.8. The van der Waals surface area contributed by atoms with Crippen molar-refractivity contribution in [1.82, 2.24) is 4.90 Å². The second-order valence-electron chi connectivity index (χ2n) is 4.63. The van der Waals surface area contributed by atoms with E-state index in [0.29, 0.717) is 31.8 Å². The molecule has 1 unspecified atom stereocenters. The number of nitrogens with zero attached hydrogens (tertiary/aromatic N) is 1. The molecule has 2 aromatic rings. The third kappa shape index (κ3) is 2.65. The van der Waals surface area contributed by atoms with Crippen LogP contribution in [0, 0.1) is 0 Å². The molecule has 20 heavy (non-hydrogen) atoms. The standard InChI is InChI=1S/C14H16N2O3.ClH/c15-7-10-8-16(5-6-18-10)14(17)12-9-19-13-4-2-1-3-11(12)13;/h1-4,9-10H,5-8,15H2;1H. The van der Waals surface area contributed by atoms with Gasteiger partial charge >= 0.3 is 0 Å². The fraction of sp³-hybridized carbons (Fsp3) is 0.357. The second-order valence-corrected chi connectivity index (χ2v) is 4.63. The van der Waals surface area contributed by atoms with Gasteiger partial charge in [0.25, 0.3) is 5.91 Å². The number of morpholine rings is 1. The van der Waals surface area contributed by atoms with Gasteiger partial charge < -0.3 is 19.8 Å². The van der Waals surface area contributed by atoms with Crippen molar-refractivity contribution in [2.24, 2.45) is 5.73 Å². The minimum Gasteiger partial charge on any atom is -0.463 e. The molecule has 1 aromatic heterocycles. The lowest BCUT2D eigenvalue weighted by Crippen LogP contribution is -2.48. The SMILES string of the molecule is Cl.NCC1CN(C(=O)c2coc3ccccc23)CCO1. The van der Waals surface area contributed by atoms with Crippen molar-refractivity contribution in [2.75, 3.05) is 26.2 Å². The smallest absolute Gasteiger partial charge is 0.257 e. The first-order valence-corrected chi connectivity index (χ1v) is 6.37. The number of para-hydroxylation sites is 1. The summed E-state index contributed by atoms with van der Waals surface area (Å²) in [5.41, 5.74) is 6.93. The van der Waals surface area contributed by atoms with Crippen molar-refractivity contribution < 1.29 is 13.9 Å². The van der Waals surface area contributed by atoms with E-state index >= 15 is 0 Å². The Labute approximate surface area is 123 Å². The molecule has 1 atom stereocenters. The number of carbonyl (C=O) groups is 1. The average Bonchev–Trinajstić information content (AvgIpc) is 2.90. The van der Waals surface area contributed by atoms with E-state index in [0.717, 1.165) is 11.0 Å². The molecule has 1 saturated heterocycles. The Kier molecular flexibility index (Phi) is 4.65. The van der Waals surface area contributed by atoms with Gasteiger partial charge in [0, 0.05) is 25.0 Å². The first-order chi connectivity index (χ1) is 9.29. The minimum atomic E-state index is -0.0733. The summed E-state index contributed by atoms with van der Waals surface area (Å²) in [6, 6.07) is 7.54. The largest absolute Gasteiger partial charge is 0.463 e. The van der Waals surface area contributed by atoms with E-state index in [1.807, 2.05) is 24.3 Å². The van der Waals surface area contributed by atoms with Gasteiger partial charge in [0.1, 0.15) is 11.8 Å². The van der Waals surface area contributed by atoms with E-state index in [-0.39, 0.29) is 24.4 Å². The zero-order valence-corrected chi connectivity index (χ0v) is 11.8. The van der Waals surface area contributed by atoms with Crippen LogP contribution in [0.2, 0.25) is 0 Å². The molecule has 1 aromatic carbocycles. The molecule has 108 valence electrons. The van der Waals surface area contributed by atoms with Gasteiger partial charge in [-0.1, -0.05) is 18.2 Å². The van der Waals surface area contributed by atoms with Crippen LogP contribution in [0.15, 0.2) is 34.9 Å². The maximum Gasteiger partial charge on any atom is 0.257 e. The van der Waals surface area contributed by atoms with E-state index in [4.69, 9.17) is 14.9 Å². The summed E-state index contributed by atoms with van der Waals surface area (Å²) in [6.45, 7) is 2.09. The number of carbonyl (C=O) groups excluding carboxylic acids is 1. The van der Waals surface area contributed by atoms with Gasteiger partial charge in [-0.2, -0.15) is 0 Å². The maximum absolute atomic E-state index is 12.5. The lowest BCUT2D eigenvalue weighted by atomic mass is 10.1. The third-order valence-corrected chi connectivity index (χ3v) is 3.40. The number of amides is 1. The predicted molar refractivity (Wildman–Crippen MR) is 78.2 cm³/mol. The van der Waals surface area contributed by atoms with Crippen LogP contribution in [0.5, 0.6) is 0 Å². The van der Waals surface area contributed by atoms with Crippen LogP contribution in [0.3, 0.4) is 0 Å². The zero-order valence-electron chi connectivity index (χ0n) is 11.0. The van der Waals surface area contributed by atoms with Crippen LogP contribution in [0.1, 0.15) is 10.4 Å². The van der Waals surface area contributed by atoms with Crippen LogP contribution < -0.4 is 5.73 Å². The van der Waals surface area contributed by atoms with Crippen LogP contribution in [-0.4, -0.2) is 43.2 Å². The Morgan fingerprint density at radius 3 is 3.00 bits per heavy atom. The van der Waals surface area contributed by atoms with Gasteiger partial charge in [-0.05, 0) is 6.07 Å². The second kappa shape index (κ2) is 6.26. The molecular formula is C14H17ClN2O3. The van der Waals surface area contributed by atoms with Gasteiger partial charge in [0.05, 0.1) is 18.3 Å². The van der Waals surface area contributed by atoms with Crippen LogP contribution in [0.25, 0.3) is 11.0 Å². The van der Waals surface area contributed by atoms with E-state index in [2.05, 4.69) is 0 Å². The molecule has 0 radical (unpaired) electrons. The van der Waals surface area contributed by atoms with Crippen molar-refractivity contribution in [3.63, 3.8) is 0 Å². The first-order valence-electron chi connectivity index (χ1n) is 6.37. The van der Waals surface area contributed by atoms with Gasteiger partial charge in [-0.25, -0.2) is 0 Å². The lowest BCUT2D eigenvalue weighted by molar-refractivity contribution is -0.0167. The highest BCUT2D eigenvalue weighted by molar-refractivity contribution is 6.05. The Bertz CT molecular complexity index is 599. The number of rotatable bonds is 2. The van der Waals surface area contributed by atoms with E-state index in [9.17, 15) is 4.79 Å². The van der Waals surface area contributed by atoms with Gasteiger partial charge in [-0.15, -0.1) is 12.4 Å². The molecule has 3 rings (SSSR count). The number of fused-ring (bicyclic) bond motifs is 1. The fourth-order valence-corrected chi connectivity index (χ4v) is 2.36. The molecule has 2 heterocycles. The summed E-state index contributed by atoms with van der Waals surface area (Å²) < 4.78 is 10.9. The number of ether oxygens (including phenoxy) is 1. The lowest BCUT2D eigenvalue weighted by Gasteiger charge is -2.32. The molecule has 0 aliphatic carbocycles. The van der Waals surface area contributed by atoms with E-state index in [1.54, 1.807) is 4.90 Å². The number of hydrogen-bond acceptors (Lipinski definition) is 4. The molecule has 0 spiro atoms. The summed E-state index contributed by atoms with van der Waals surface area (Å²) in [6.07, 6.45) is 1.45. The molecule has 1 aliphatic rings. The quantitative estimate of drug-likeness (QED) is 0.915. The monoisotopic (exact) mass is 296 g/mol. The highest BCUT2D eigenvalue weighted by Gasteiger charge is 2.26. The summed E-state index contributed by atoms with van der Waals surface area (Å²) >= 11 is 0. The van der Waals surface area contributed by atoms with Crippen molar-refractivity contribution in [2.45, 2.75) is 6.10 Å². The molecule has 5 nitrogen and oxygen atoms in total. The van der Waals surface area contributed by atoms with Crippen molar-refractivity contribution in [3.05, 3.63) is 36.1 Å². The molecule has 6 heteroatoms. The van der Waals surface area contributed by atoms with Gasteiger partial charge in [-0.3, -0.25) is 4.79 Å². The van der Waals surface area contributed by atoms with E-state index < -0.39 is 0 Å². The number of benzene rings is 1. The molecule has 1 aliphatic heterocycles. The number of hydrogen-bond donors (Lipinski definition) is 1. The summed E-state index contributed by atoms with van der Waals surface area (Å²) in [5.74, 6) is -0.0216. The molecule has 1 fully saturated rings. The highest BCUT2D eigenvalue weighted by Crippen LogP contribution is 2.22. The topological polar surface area (TPSA) is 68.7 Å². The highest BCUT2D eigenvalue weighted by atomic mass is 35.5. The van der Waals surface area contributed by atoms with Gasteiger partial charge in [0.15, 0.2) is 0 Å². The molecule has 0 bridgehead atoms. The Morgan fingerprint density at radius 2 is 2.20 bits per heavy atom. The zero-order chi connectivity index (χ0) is 13.2.